The third-order valence-electron chi connectivity index (χ3n) is 4.36. The zero-order valence-electron chi connectivity index (χ0n) is 15.7. The molecule has 0 radical (unpaired) electrons. The van der Waals surface area contributed by atoms with Crippen molar-refractivity contribution in [3.8, 4) is 5.75 Å². The Morgan fingerprint density at radius 1 is 1.26 bits per heavy atom. The van der Waals surface area contributed by atoms with Crippen LogP contribution < -0.4 is 15.4 Å². The first-order chi connectivity index (χ1) is 13.1. The highest BCUT2D eigenvalue weighted by molar-refractivity contribution is 6.10. The maximum atomic E-state index is 12.6. The van der Waals surface area contributed by atoms with E-state index in [4.69, 9.17) is 9.47 Å². The fourth-order valence-electron chi connectivity index (χ4n) is 2.81. The van der Waals surface area contributed by atoms with E-state index < -0.39 is 0 Å². The molecule has 2 aromatic carbocycles. The largest absolute Gasteiger partial charge is 0.497 e. The summed E-state index contributed by atoms with van der Waals surface area (Å²) in [6, 6.07) is 14.9. The van der Waals surface area contributed by atoms with E-state index in [9.17, 15) is 4.79 Å². The molecule has 1 saturated heterocycles. The van der Waals surface area contributed by atoms with Crippen LogP contribution in [0.5, 0.6) is 5.75 Å². The van der Waals surface area contributed by atoms with Crippen molar-refractivity contribution >= 4 is 17.6 Å². The SMILES string of the molecule is COc1cccc(NC(=NCC2CCCO2)NC(=O)c2ccc(C)cc2)c1. The first kappa shape index (κ1) is 18.9. The molecule has 1 aliphatic heterocycles. The van der Waals surface area contributed by atoms with Crippen LogP contribution >= 0.6 is 0 Å². The van der Waals surface area contributed by atoms with Gasteiger partial charge in [0.1, 0.15) is 5.75 Å². The van der Waals surface area contributed by atoms with E-state index in [1.165, 1.54) is 0 Å². The van der Waals surface area contributed by atoms with Crippen LogP contribution in [0.1, 0.15) is 28.8 Å². The van der Waals surface area contributed by atoms with Gasteiger partial charge < -0.3 is 14.8 Å². The standard InChI is InChI=1S/C21H25N3O3/c1-15-8-10-16(11-9-15)20(25)24-21(22-14-19-7-4-12-27-19)23-17-5-3-6-18(13-17)26-2/h3,5-6,8-11,13,19H,4,7,12,14H2,1-2H3,(H2,22,23,24,25). The highest BCUT2D eigenvalue weighted by Gasteiger charge is 2.16. The molecular formula is C21H25N3O3. The second-order valence-electron chi connectivity index (χ2n) is 6.50. The summed E-state index contributed by atoms with van der Waals surface area (Å²) in [7, 11) is 1.62. The van der Waals surface area contributed by atoms with Crippen LogP contribution in [-0.4, -0.2) is 38.2 Å². The zero-order valence-corrected chi connectivity index (χ0v) is 15.7. The van der Waals surface area contributed by atoms with Crippen LogP contribution in [0.2, 0.25) is 0 Å². The van der Waals surface area contributed by atoms with Crippen molar-refractivity contribution in [1.29, 1.82) is 0 Å². The van der Waals surface area contributed by atoms with Crippen molar-refractivity contribution in [2.24, 2.45) is 4.99 Å². The van der Waals surface area contributed by atoms with E-state index in [2.05, 4.69) is 15.6 Å². The molecule has 0 aromatic heterocycles. The van der Waals surface area contributed by atoms with Crippen LogP contribution in [0.3, 0.4) is 0 Å². The van der Waals surface area contributed by atoms with Gasteiger partial charge in [-0.2, -0.15) is 0 Å². The second-order valence-corrected chi connectivity index (χ2v) is 6.50. The Morgan fingerprint density at radius 3 is 2.78 bits per heavy atom. The first-order valence-electron chi connectivity index (χ1n) is 9.09. The topological polar surface area (TPSA) is 71.9 Å². The lowest BCUT2D eigenvalue weighted by molar-refractivity contribution is 0.0975. The monoisotopic (exact) mass is 367 g/mol. The second kappa shape index (κ2) is 9.19. The van der Waals surface area contributed by atoms with Crippen molar-refractivity contribution in [1.82, 2.24) is 5.32 Å². The fraction of sp³-hybridized carbons (Fsp3) is 0.333. The molecule has 2 aromatic rings. The molecule has 0 spiro atoms. The van der Waals surface area contributed by atoms with Crippen LogP contribution in [-0.2, 0) is 4.74 Å². The maximum absolute atomic E-state index is 12.6. The minimum absolute atomic E-state index is 0.100. The quantitative estimate of drug-likeness (QED) is 0.628. The van der Waals surface area contributed by atoms with Gasteiger partial charge in [-0.05, 0) is 44.0 Å². The number of amides is 1. The molecular weight excluding hydrogens is 342 g/mol. The molecule has 27 heavy (non-hydrogen) atoms. The molecule has 1 fully saturated rings. The minimum atomic E-state index is -0.212. The van der Waals surface area contributed by atoms with E-state index in [1.54, 1.807) is 19.2 Å². The number of rotatable bonds is 5. The number of carbonyl (C=O) groups is 1. The molecule has 0 saturated carbocycles. The van der Waals surface area contributed by atoms with Gasteiger partial charge in [0.25, 0.3) is 5.91 Å². The summed E-state index contributed by atoms with van der Waals surface area (Å²) in [6.45, 7) is 3.26. The Kier molecular flexibility index (Phi) is 6.44. The van der Waals surface area contributed by atoms with Crippen LogP contribution in [0.25, 0.3) is 0 Å². The summed E-state index contributed by atoms with van der Waals surface area (Å²) in [5, 5.41) is 6.04. The molecule has 1 heterocycles. The molecule has 2 N–H and O–H groups in total. The number of aryl methyl sites for hydroxylation is 1. The van der Waals surface area contributed by atoms with Gasteiger partial charge in [-0.3, -0.25) is 10.1 Å². The van der Waals surface area contributed by atoms with Gasteiger partial charge in [-0.25, -0.2) is 4.99 Å². The number of benzene rings is 2. The Balaban J connectivity index is 1.74. The maximum Gasteiger partial charge on any atom is 0.257 e. The minimum Gasteiger partial charge on any atom is -0.497 e. The molecule has 0 aliphatic carbocycles. The van der Waals surface area contributed by atoms with Crippen LogP contribution in [0.4, 0.5) is 5.69 Å². The Hall–Kier alpha value is -2.86. The average Bonchev–Trinajstić information content (AvgIpc) is 3.20. The summed E-state index contributed by atoms with van der Waals surface area (Å²) in [4.78, 5) is 17.1. The van der Waals surface area contributed by atoms with E-state index in [-0.39, 0.29) is 12.0 Å². The van der Waals surface area contributed by atoms with E-state index >= 15 is 0 Å². The first-order valence-corrected chi connectivity index (χ1v) is 9.09. The van der Waals surface area contributed by atoms with E-state index in [0.29, 0.717) is 18.1 Å². The predicted molar refractivity (Wildman–Crippen MR) is 107 cm³/mol. The zero-order chi connectivity index (χ0) is 19.1. The molecule has 1 aliphatic rings. The predicted octanol–water partition coefficient (Wildman–Crippen LogP) is 3.38. The normalized spacial score (nSPS) is 16.8. The van der Waals surface area contributed by atoms with Gasteiger partial charge in [0, 0.05) is 23.9 Å². The number of nitrogens with zero attached hydrogens (tertiary/aromatic N) is 1. The summed E-state index contributed by atoms with van der Waals surface area (Å²) in [5.41, 5.74) is 2.47. The number of carbonyl (C=O) groups excluding carboxylic acids is 1. The lowest BCUT2D eigenvalue weighted by Gasteiger charge is -2.14. The fourth-order valence-corrected chi connectivity index (χ4v) is 2.81. The molecule has 3 rings (SSSR count). The third kappa shape index (κ3) is 5.56. The van der Waals surface area contributed by atoms with Crippen molar-refractivity contribution in [2.45, 2.75) is 25.9 Å². The molecule has 6 heteroatoms. The highest BCUT2D eigenvalue weighted by atomic mass is 16.5. The van der Waals surface area contributed by atoms with Crippen LogP contribution in [0.15, 0.2) is 53.5 Å². The smallest absolute Gasteiger partial charge is 0.257 e. The van der Waals surface area contributed by atoms with Crippen LogP contribution in [0, 0.1) is 6.92 Å². The summed E-state index contributed by atoms with van der Waals surface area (Å²) >= 11 is 0. The number of methoxy groups -OCH3 is 1. The number of hydrogen-bond acceptors (Lipinski definition) is 4. The Bertz CT molecular complexity index is 797. The number of aliphatic imine (C=N–C) groups is 1. The van der Waals surface area contributed by atoms with Gasteiger partial charge in [0.2, 0.25) is 5.96 Å². The number of ether oxygens (including phenoxy) is 2. The summed E-state index contributed by atoms with van der Waals surface area (Å²) < 4.78 is 10.9. The van der Waals surface area contributed by atoms with Crippen molar-refractivity contribution in [2.75, 3.05) is 25.6 Å². The van der Waals surface area contributed by atoms with Crippen molar-refractivity contribution in [3.05, 3.63) is 59.7 Å². The van der Waals surface area contributed by atoms with Gasteiger partial charge in [-0.1, -0.05) is 23.8 Å². The van der Waals surface area contributed by atoms with Gasteiger partial charge in [-0.15, -0.1) is 0 Å². The van der Waals surface area contributed by atoms with E-state index in [0.717, 1.165) is 36.4 Å². The summed E-state index contributed by atoms with van der Waals surface area (Å²) in [5.74, 6) is 0.907. The Morgan fingerprint density at radius 2 is 2.07 bits per heavy atom. The lowest BCUT2D eigenvalue weighted by Crippen LogP contribution is -2.36. The molecule has 1 amide bonds. The highest BCUT2D eigenvalue weighted by Crippen LogP contribution is 2.17. The van der Waals surface area contributed by atoms with Crippen molar-refractivity contribution in [3.63, 3.8) is 0 Å². The average molecular weight is 367 g/mol. The van der Waals surface area contributed by atoms with E-state index in [1.807, 2.05) is 43.3 Å². The van der Waals surface area contributed by atoms with Gasteiger partial charge in [0.15, 0.2) is 0 Å². The number of guanidine groups is 1. The molecule has 1 atom stereocenters. The number of anilines is 1. The third-order valence-corrected chi connectivity index (χ3v) is 4.36. The lowest BCUT2D eigenvalue weighted by atomic mass is 10.1. The molecule has 0 bridgehead atoms. The molecule has 6 nitrogen and oxygen atoms in total. The summed E-state index contributed by atoms with van der Waals surface area (Å²) in [6.07, 6.45) is 2.14. The number of nitrogens with one attached hydrogen (secondary N) is 2. The number of hydrogen-bond donors (Lipinski definition) is 2. The molecule has 142 valence electrons. The molecule has 1 unspecified atom stereocenters. The van der Waals surface area contributed by atoms with Gasteiger partial charge >= 0.3 is 0 Å². The van der Waals surface area contributed by atoms with Crippen molar-refractivity contribution < 1.29 is 14.3 Å². The Labute approximate surface area is 159 Å². The van der Waals surface area contributed by atoms with Gasteiger partial charge in [0.05, 0.1) is 19.8 Å².